The zero-order valence-corrected chi connectivity index (χ0v) is 13.1. The van der Waals surface area contributed by atoms with Gasteiger partial charge in [0, 0.05) is 5.25 Å². The first-order chi connectivity index (χ1) is 9.54. The van der Waals surface area contributed by atoms with Gasteiger partial charge in [-0.2, -0.15) is 5.10 Å². The topological polar surface area (TPSA) is 34.9 Å². The van der Waals surface area contributed by atoms with Crippen molar-refractivity contribution in [2.75, 3.05) is 0 Å². The lowest BCUT2D eigenvalue weighted by Gasteiger charge is -2.16. The minimum atomic E-state index is 0.423. The van der Waals surface area contributed by atoms with E-state index in [4.69, 9.17) is 0 Å². The third-order valence-corrected chi connectivity index (χ3v) is 4.95. The molecular formula is C16H20N2OS. The standard InChI is InChI=1S/C16H20N2OS/c1-11(2)13(4)20-16-15(10-19)12(3)17-18(16)14-8-6-5-7-9-14/h5-11,13H,1-4H3. The molecule has 0 aliphatic rings. The number of carbonyl (C=O) groups is 1. The molecule has 0 radical (unpaired) electrons. The van der Waals surface area contributed by atoms with Crippen LogP contribution in [-0.2, 0) is 0 Å². The van der Waals surface area contributed by atoms with E-state index in [0.29, 0.717) is 16.7 Å². The normalized spacial score (nSPS) is 12.7. The first-order valence-electron chi connectivity index (χ1n) is 6.81. The van der Waals surface area contributed by atoms with Crippen molar-refractivity contribution in [3.05, 3.63) is 41.6 Å². The Bertz CT molecular complexity index is 590. The lowest BCUT2D eigenvalue weighted by atomic mass is 10.2. The number of aldehydes is 1. The Morgan fingerprint density at radius 3 is 2.40 bits per heavy atom. The van der Waals surface area contributed by atoms with Gasteiger partial charge in [-0.05, 0) is 25.0 Å². The Labute approximate surface area is 124 Å². The fourth-order valence-electron chi connectivity index (χ4n) is 1.82. The second kappa shape index (κ2) is 6.27. The van der Waals surface area contributed by atoms with Crippen LogP contribution in [0.3, 0.4) is 0 Å². The Hall–Kier alpha value is -1.55. The predicted octanol–water partition coefficient (Wildman–Crippen LogP) is 4.13. The van der Waals surface area contributed by atoms with Gasteiger partial charge in [-0.3, -0.25) is 4.79 Å². The molecule has 0 fully saturated rings. The van der Waals surface area contributed by atoms with E-state index in [1.807, 2.05) is 41.9 Å². The molecule has 106 valence electrons. The van der Waals surface area contributed by atoms with Gasteiger partial charge in [0.25, 0.3) is 0 Å². The summed E-state index contributed by atoms with van der Waals surface area (Å²) in [6.07, 6.45) is 0.914. The molecule has 2 aromatic rings. The molecule has 0 N–H and O–H groups in total. The SMILES string of the molecule is Cc1nn(-c2ccccc2)c(SC(C)C(C)C)c1C=O. The molecule has 0 saturated carbocycles. The molecule has 20 heavy (non-hydrogen) atoms. The van der Waals surface area contributed by atoms with Gasteiger partial charge in [0.15, 0.2) is 6.29 Å². The zero-order valence-electron chi connectivity index (χ0n) is 12.3. The molecule has 0 saturated heterocycles. The van der Waals surface area contributed by atoms with Crippen LogP contribution in [0, 0.1) is 12.8 Å². The average molecular weight is 288 g/mol. The molecule has 1 atom stereocenters. The Morgan fingerprint density at radius 2 is 1.85 bits per heavy atom. The summed E-state index contributed by atoms with van der Waals surface area (Å²) in [5, 5.41) is 5.89. The molecule has 0 aliphatic carbocycles. The van der Waals surface area contributed by atoms with Crippen molar-refractivity contribution in [2.45, 2.75) is 38.0 Å². The number of aryl methyl sites for hydroxylation is 1. The summed E-state index contributed by atoms with van der Waals surface area (Å²) >= 11 is 1.71. The van der Waals surface area contributed by atoms with Crippen LogP contribution in [0.5, 0.6) is 0 Å². The lowest BCUT2D eigenvalue weighted by Crippen LogP contribution is -2.08. The van der Waals surface area contributed by atoms with E-state index in [9.17, 15) is 4.79 Å². The third-order valence-electron chi connectivity index (χ3n) is 3.42. The van der Waals surface area contributed by atoms with Crippen LogP contribution in [0.4, 0.5) is 0 Å². The maximum Gasteiger partial charge on any atom is 0.154 e. The molecular weight excluding hydrogens is 268 g/mol. The van der Waals surface area contributed by atoms with Crippen LogP contribution in [0.1, 0.15) is 36.8 Å². The van der Waals surface area contributed by atoms with Crippen molar-refractivity contribution in [1.82, 2.24) is 9.78 Å². The number of carbonyl (C=O) groups excluding carboxylic acids is 1. The lowest BCUT2D eigenvalue weighted by molar-refractivity contribution is 0.112. The third kappa shape index (κ3) is 2.96. The van der Waals surface area contributed by atoms with Crippen molar-refractivity contribution in [2.24, 2.45) is 5.92 Å². The first kappa shape index (κ1) is 14.9. The minimum absolute atomic E-state index is 0.423. The highest BCUT2D eigenvalue weighted by Gasteiger charge is 2.20. The van der Waals surface area contributed by atoms with Crippen LogP contribution >= 0.6 is 11.8 Å². The maximum atomic E-state index is 11.4. The molecule has 1 aromatic carbocycles. The quantitative estimate of drug-likeness (QED) is 0.613. The largest absolute Gasteiger partial charge is 0.298 e. The molecule has 1 aromatic heterocycles. The highest BCUT2D eigenvalue weighted by atomic mass is 32.2. The molecule has 0 amide bonds. The van der Waals surface area contributed by atoms with E-state index in [0.717, 1.165) is 22.7 Å². The highest BCUT2D eigenvalue weighted by Crippen LogP contribution is 2.33. The fraction of sp³-hybridized carbons (Fsp3) is 0.375. The average Bonchev–Trinajstić information content (AvgIpc) is 2.75. The summed E-state index contributed by atoms with van der Waals surface area (Å²) in [4.78, 5) is 11.4. The first-order valence-corrected chi connectivity index (χ1v) is 7.69. The predicted molar refractivity (Wildman–Crippen MR) is 83.8 cm³/mol. The Balaban J connectivity index is 2.49. The van der Waals surface area contributed by atoms with E-state index in [-0.39, 0.29) is 0 Å². The Kier molecular flexibility index (Phi) is 4.65. The van der Waals surface area contributed by atoms with Crippen LogP contribution in [-0.4, -0.2) is 21.3 Å². The smallest absolute Gasteiger partial charge is 0.154 e. The number of para-hydroxylation sites is 1. The van der Waals surface area contributed by atoms with Crippen LogP contribution in [0.15, 0.2) is 35.4 Å². The monoisotopic (exact) mass is 288 g/mol. The number of aromatic nitrogens is 2. The van der Waals surface area contributed by atoms with Crippen LogP contribution in [0.2, 0.25) is 0 Å². The zero-order chi connectivity index (χ0) is 14.7. The van der Waals surface area contributed by atoms with Gasteiger partial charge in [-0.25, -0.2) is 4.68 Å². The summed E-state index contributed by atoms with van der Waals surface area (Å²) in [6.45, 7) is 8.44. The fourth-order valence-corrected chi connectivity index (χ4v) is 3.02. The Morgan fingerprint density at radius 1 is 1.20 bits per heavy atom. The number of thioether (sulfide) groups is 1. The van der Waals surface area contributed by atoms with Crippen molar-refractivity contribution >= 4 is 18.0 Å². The van der Waals surface area contributed by atoms with E-state index in [1.54, 1.807) is 11.8 Å². The van der Waals surface area contributed by atoms with Crippen LogP contribution < -0.4 is 0 Å². The maximum absolute atomic E-state index is 11.4. The molecule has 4 heteroatoms. The number of hydrogen-bond acceptors (Lipinski definition) is 3. The van der Waals surface area contributed by atoms with Gasteiger partial charge in [0.05, 0.1) is 16.9 Å². The second-order valence-corrected chi connectivity index (χ2v) is 6.60. The highest BCUT2D eigenvalue weighted by molar-refractivity contribution is 7.99. The van der Waals surface area contributed by atoms with Gasteiger partial charge < -0.3 is 0 Å². The van der Waals surface area contributed by atoms with Crippen molar-refractivity contribution < 1.29 is 4.79 Å². The molecule has 1 heterocycles. The van der Waals surface area contributed by atoms with Crippen molar-refractivity contribution in [3.63, 3.8) is 0 Å². The summed E-state index contributed by atoms with van der Waals surface area (Å²) in [6, 6.07) is 9.95. The molecule has 0 bridgehead atoms. The second-order valence-electron chi connectivity index (χ2n) is 5.24. The van der Waals surface area contributed by atoms with E-state index in [2.05, 4.69) is 25.9 Å². The van der Waals surface area contributed by atoms with Crippen molar-refractivity contribution in [3.8, 4) is 5.69 Å². The van der Waals surface area contributed by atoms with E-state index in [1.165, 1.54) is 0 Å². The van der Waals surface area contributed by atoms with Gasteiger partial charge in [-0.15, -0.1) is 11.8 Å². The van der Waals surface area contributed by atoms with Gasteiger partial charge in [-0.1, -0.05) is 39.0 Å². The number of hydrogen-bond donors (Lipinski definition) is 0. The summed E-state index contributed by atoms with van der Waals surface area (Å²) < 4.78 is 1.88. The molecule has 0 aliphatic heterocycles. The van der Waals surface area contributed by atoms with Crippen LogP contribution in [0.25, 0.3) is 5.69 Å². The summed E-state index contributed by atoms with van der Waals surface area (Å²) in [7, 11) is 0. The number of benzene rings is 1. The summed E-state index contributed by atoms with van der Waals surface area (Å²) in [5.41, 5.74) is 2.47. The van der Waals surface area contributed by atoms with Gasteiger partial charge in [0.2, 0.25) is 0 Å². The summed E-state index contributed by atoms with van der Waals surface area (Å²) in [5.74, 6) is 0.541. The molecule has 1 unspecified atom stereocenters. The number of rotatable bonds is 5. The molecule has 0 spiro atoms. The van der Waals surface area contributed by atoms with Gasteiger partial charge in [0.1, 0.15) is 5.03 Å². The number of nitrogens with zero attached hydrogens (tertiary/aromatic N) is 2. The molecule has 2 rings (SSSR count). The van der Waals surface area contributed by atoms with Crippen molar-refractivity contribution in [1.29, 1.82) is 0 Å². The van der Waals surface area contributed by atoms with Gasteiger partial charge >= 0.3 is 0 Å². The van der Waals surface area contributed by atoms with E-state index < -0.39 is 0 Å². The molecule has 3 nitrogen and oxygen atoms in total. The van der Waals surface area contributed by atoms with E-state index >= 15 is 0 Å². The minimum Gasteiger partial charge on any atom is -0.298 e.